The maximum absolute atomic E-state index is 14.5. The number of carbonyl (C=O) groups excluding carboxylic acids is 3. The van der Waals surface area contributed by atoms with Crippen molar-refractivity contribution in [2.45, 2.75) is 17.7 Å². The van der Waals surface area contributed by atoms with Gasteiger partial charge in [0, 0.05) is 32.4 Å². The summed E-state index contributed by atoms with van der Waals surface area (Å²) in [6, 6.07) is 15.2. The van der Waals surface area contributed by atoms with Gasteiger partial charge >= 0.3 is 6.03 Å². The number of para-hydroxylation sites is 1. The molecule has 0 aliphatic carbocycles. The van der Waals surface area contributed by atoms with Crippen molar-refractivity contribution >= 4 is 35.3 Å². The summed E-state index contributed by atoms with van der Waals surface area (Å²) in [5.41, 5.74) is 1.14. The summed E-state index contributed by atoms with van der Waals surface area (Å²) in [4.78, 5) is 42.5. The normalized spacial score (nSPS) is 25.1. The number of nitrogens with zero attached hydrogens (tertiary/aromatic N) is 3. The van der Waals surface area contributed by atoms with Crippen LogP contribution in [0.5, 0.6) is 0 Å². The van der Waals surface area contributed by atoms with Gasteiger partial charge in [-0.25, -0.2) is 9.18 Å². The largest absolute Gasteiger partial charge is 0.327 e. The summed E-state index contributed by atoms with van der Waals surface area (Å²) < 4.78 is 14.5. The highest BCUT2D eigenvalue weighted by Gasteiger charge is 2.51. The Hall–Kier alpha value is -2.95. The molecule has 0 bridgehead atoms. The molecule has 4 atom stereocenters. The molecule has 2 heterocycles. The molecule has 2 aliphatic rings. The minimum Gasteiger partial charge on any atom is -0.315 e. The summed E-state index contributed by atoms with van der Waals surface area (Å²) in [6.07, 6.45) is -1.29. The van der Waals surface area contributed by atoms with Crippen molar-refractivity contribution < 1.29 is 18.8 Å². The predicted octanol–water partition coefficient (Wildman–Crippen LogP) is 2.21. The molecule has 2 aromatic rings. The Labute approximate surface area is 196 Å². The molecule has 2 aromatic carbocycles. The quantitative estimate of drug-likeness (QED) is 0.696. The molecule has 4 rings (SSSR count). The van der Waals surface area contributed by atoms with Gasteiger partial charge in [0.15, 0.2) is 0 Å². The average molecular weight is 472 g/mol. The van der Waals surface area contributed by atoms with E-state index in [2.05, 4.69) is 10.6 Å². The fourth-order valence-electron chi connectivity index (χ4n) is 4.14. The Morgan fingerprint density at radius 2 is 1.73 bits per heavy atom. The van der Waals surface area contributed by atoms with Gasteiger partial charge in [-0.2, -0.15) is 0 Å². The first-order chi connectivity index (χ1) is 15.8. The summed E-state index contributed by atoms with van der Waals surface area (Å²) in [7, 11) is 4.75. The van der Waals surface area contributed by atoms with E-state index >= 15 is 0 Å². The van der Waals surface area contributed by atoms with Crippen LogP contribution in [-0.2, 0) is 9.59 Å². The molecule has 2 fully saturated rings. The van der Waals surface area contributed by atoms with Gasteiger partial charge in [-0.05, 0) is 18.2 Å². The van der Waals surface area contributed by atoms with Gasteiger partial charge in [0.1, 0.15) is 5.82 Å². The van der Waals surface area contributed by atoms with E-state index in [1.165, 1.54) is 29.8 Å². The number of carbonyl (C=O) groups is 3. The number of fused-ring (bicyclic) bond motifs is 1. The van der Waals surface area contributed by atoms with Crippen molar-refractivity contribution in [3.63, 3.8) is 0 Å². The van der Waals surface area contributed by atoms with Crippen LogP contribution in [0.3, 0.4) is 0 Å². The zero-order chi connectivity index (χ0) is 23.7. The SMILES string of the molecule is CN1C(=O)C2C(SCC(=O)N(C)c3ccccc3)NC(c3ccccc3F)NC2N(C)C1=O. The third kappa shape index (κ3) is 4.46. The van der Waals surface area contributed by atoms with E-state index in [9.17, 15) is 18.8 Å². The maximum atomic E-state index is 14.5. The van der Waals surface area contributed by atoms with Crippen LogP contribution < -0.4 is 15.5 Å². The molecule has 10 heteroatoms. The van der Waals surface area contributed by atoms with Crippen LogP contribution in [0, 0.1) is 11.7 Å². The van der Waals surface area contributed by atoms with Crippen molar-refractivity contribution in [1.29, 1.82) is 0 Å². The smallest absolute Gasteiger partial charge is 0.315 e. The minimum atomic E-state index is -0.652. The standard InChI is InChI=1S/C23H26FN5O3S/c1-27(14-9-5-4-6-10-14)17(30)13-33-21-18-20(28(2)23(32)29(3)22(18)31)25-19(26-21)15-11-7-8-12-16(15)24/h4-12,18-21,25-26H,13H2,1-3H3. The Balaban J connectivity index is 1.58. The molecule has 2 saturated heterocycles. The third-order valence-electron chi connectivity index (χ3n) is 6.08. The van der Waals surface area contributed by atoms with E-state index < -0.39 is 35.5 Å². The lowest BCUT2D eigenvalue weighted by Gasteiger charge is -2.50. The number of benzene rings is 2. The molecule has 33 heavy (non-hydrogen) atoms. The Morgan fingerprint density at radius 1 is 1.06 bits per heavy atom. The van der Waals surface area contributed by atoms with Gasteiger partial charge in [-0.3, -0.25) is 25.1 Å². The number of nitrogens with one attached hydrogen (secondary N) is 2. The van der Waals surface area contributed by atoms with Crippen molar-refractivity contribution in [2.75, 3.05) is 31.8 Å². The highest BCUT2D eigenvalue weighted by Crippen LogP contribution is 2.35. The maximum Gasteiger partial charge on any atom is 0.327 e. The second-order valence-electron chi connectivity index (χ2n) is 8.07. The summed E-state index contributed by atoms with van der Waals surface area (Å²) in [5.74, 6) is -1.44. The summed E-state index contributed by atoms with van der Waals surface area (Å²) in [5, 5.41) is 5.97. The zero-order valence-electron chi connectivity index (χ0n) is 18.6. The van der Waals surface area contributed by atoms with Crippen LogP contribution in [-0.4, -0.2) is 66.1 Å². The fraction of sp³-hybridized carbons (Fsp3) is 0.348. The van der Waals surface area contributed by atoms with E-state index in [-0.39, 0.29) is 17.6 Å². The molecule has 0 radical (unpaired) electrons. The fourth-order valence-corrected chi connectivity index (χ4v) is 5.36. The molecule has 4 amide bonds. The van der Waals surface area contributed by atoms with Gasteiger partial charge < -0.3 is 9.80 Å². The first-order valence-corrected chi connectivity index (χ1v) is 11.6. The summed E-state index contributed by atoms with van der Waals surface area (Å²) in [6.45, 7) is 0. The number of halogens is 1. The van der Waals surface area contributed by atoms with E-state index in [1.807, 2.05) is 30.3 Å². The van der Waals surface area contributed by atoms with Crippen molar-refractivity contribution in [1.82, 2.24) is 20.4 Å². The van der Waals surface area contributed by atoms with E-state index in [0.29, 0.717) is 5.56 Å². The topological polar surface area (TPSA) is 85.0 Å². The van der Waals surface area contributed by atoms with Crippen LogP contribution in [0.1, 0.15) is 11.7 Å². The van der Waals surface area contributed by atoms with Crippen LogP contribution in [0.25, 0.3) is 0 Å². The highest BCUT2D eigenvalue weighted by atomic mass is 32.2. The molecule has 174 valence electrons. The Bertz CT molecular complexity index is 1060. The van der Waals surface area contributed by atoms with Crippen LogP contribution >= 0.6 is 11.8 Å². The number of thioether (sulfide) groups is 1. The molecule has 2 aliphatic heterocycles. The van der Waals surface area contributed by atoms with Crippen LogP contribution in [0.4, 0.5) is 14.9 Å². The molecule has 0 saturated carbocycles. The number of amides is 4. The predicted molar refractivity (Wildman–Crippen MR) is 125 cm³/mol. The van der Waals surface area contributed by atoms with Crippen molar-refractivity contribution in [3.05, 3.63) is 66.0 Å². The van der Waals surface area contributed by atoms with E-state index in [0.717, 1.165) is 10.6 Å². The molecule has 4 unspecified atom stereocenters. The van der Waals surface area contributed by atoms with Gasteiger partial charge in [0.25, 0.3) is 0 Å². The van der Waals surface area contributed by atoms with E-state index in [4.69, 9.17) is 0 Å². The molecule has 0 spiro atoms. The van der Waals surface area contributed by atoms with Crippen LogP contribution in [0.2, 0.25) is 0 Å². The number of imide groups is 1. The number of hydrogen-bond donors (Lipinski definition) is 2. The average Bonchev–Trinajstić information content (AvgIpc) is 2.84. The molecular formula is C23H26FN5O3S. The van der Waals surface area contributed by atoms with E-state index in [1.54, 1.807) is 37.2 Å². The third-order valence-corrected chi connectivity index (χ3v) is 7.28. The molecular weight excluding hydrogens is 445 g/mol. The summed E-state index contributed by atoms with van der Waals surface area (Å²) >= 11 is 1.28. The van der Waals surface area contributed by atoms with Crippen molar-refractivity contribution in [3.8, 4) is 0 Å². The van der Waals surface area contributed by atoms with Gasteiger partial charge in [0.2, 0.25) is 11.8 Å². The Morgan fingerprint density at radius 3 is 2.42 bits per heavy atom. The first-order valence-electron chi connectivity index (χ1n) is 10.5. The monoisotopic (exact) mass is 471 g/mol. The lowest BCUT2D eigenvalue weighted by atomic mass is 9.96. The molecule has 2 N–H and O–H groups in total. The zero-order valence-corrected chi connectivity index (χ0v) is 19.4. The first kappa shape index (κ1) is 23.2. The minimum absolute atomic E-state index is 0.102. The number of urea groups is 1. The van der Waals surface area contributed by atoms with Gasteiger partial charge in [0.05, 0.1) is 29.4 Å². The molecule has 0 aromatic heterocycles. The number of anilines is 1. The lowest BCUT2D eigenvalue weighted by molar-refractivity contribution is -0.140. The van der Waals surface area contributed by atoms with Crippen LogP contribution in [0.15, 0.2) is 54.6 Å². The number of hydrogen-bond acceptors (Lipinski definition) is 6. The second kappa shape index (κ2) is 9.50. The van der Waals surface area contributed by atoms with Gasteiger partial charge in [-0.15, -0.1) is 11.8 Å². The molecule has 8 nitrogen and oxygen atoms in total. The highest BCUT2D eigenvalue weighted by molar-refractivity contribution is 8.00. The Kier molecular flexibility index (Phi) is 6.68. The van der Waals surface area contributed by atoms with Gasteiger partial charge in [-0.1, -0.05) is 36.4 Å². The lowest BCUT2D eigenvalue weighted by Crippen LogP contribution is -2.72. The number of rotatable bonds is 5. The second-order valence-corrected chi connectivity index (χ2v) is 9.20. The van der Waals surface area contributed by atoms with Crippen molar-refractivity contribution in [2.24, 2.45) is 5.92 Å².